The van der Waals surface area contributed by atoms with Crippen LogP contribution >= 0.6 is 0 Å². The second-order valence-electron chi connectivity index (χ2n) is 6.26. The highest BCUT2D eigenvalue weighted by molar-refractivity contribution is 5.70. The summed E-state index contributed by atoms with van der Waals surface area (Å²) in [6.45, 7) is 6.20. The summed E-state index contributed by atoms with van der Waals surface area (Å²) in [7, 11) is 0. The standard InChI is InChI=1S/C19H35N3O9/c1-4-29-16(23)7-10-26-13-19(21-22-20,14-27-11-8-17(24)30-5-2)15-28-12-9-18(25)31-6-3/h4-15H2,1-3H3,(H2,20,21). The van der Waals surface area contributed by atoms with Gasteiger partial charge < -0.3 is 34.3 Å². The number of hydrogen-bond acceptors (Lipinski definition) is 11. The van der Waals surface area contributed by atoms with Crippen LogP contribution in [0.5, 0.6) is 0 Å². The lowest BCUT2D eigenvalue weighted by atomic mass is 10.1. The summed E-state index contributed by atoms with van der Waals surface area (Å²) in [5, 5.41) is 7.34. The van der Waals surface area contributed by atoms with Gasteiger partial charge in [-0.25, -0.2) is 0 Å². The Bertz CT molecular complexity index is 479. The quantitative estimate of drug-likeness (QED) is 0.0752. The average molecular weight is 450 g/mol. The van der Waals surface area contributed by atoms with Crippen LogP contribution in [-0.4, -0.2) is 82.9 Å². The molecule has 180 valence electrons. The average Bonchev–Trinajstić information content (AvgIpc) is 2.73. The van der Waals surface area contributed by atoms with Crippen molar-refractivity contribution in [3.8, 4) is 0 Å². The van der Waals surface area contributed by atoms with Crippen LogP contribution in [0.3, 0.4) is 0 Å². The highest BCUT2D eigenvalue weighted by atomic mass is 16.5. The number of ether oxygens (including phenoxy) is 6. The molecule has 12 heteroatoms. The Morgan fingerprint density at radius 3 is 1.26 bits per heavy atom. The molecule has 31 heavy (non-hydrogen) atoms. The molecule has 0 aliphatic carbocycles. The molecule has 0 bridgehead atoms. The molecular formula is C19H35N3O9. The lowest BCUT2D eigenvalue weighted by Gasteiger charge is -2.27. The van der Waals surface area contributed by atoms with Crippen molar-refractivity contribution in [1.82, 2.24) is 0 Å². The molecule has 0 aromatic carbocycles. The SMILES string of the molecule is CCOC(=O)CCOCC(COCCC(=O)OCC)(COCCC(=O)OCC)N=NN. The maximum atomic E-state index is 11.4. The Balaban J connectivity index is 4.78. The summed E-state index contributed by atoms with van der Waals surface area (Å²) in [6, 6.07) is 0. The van der Waals surface area contributed by atoms with E-state index in [2.05, 4.69) is 10.3 Å². The van der Waals surface area contributed by atoms with E-state index in [0.29, 0.717) is 0 Å². The molecule has 0 fully saturated rings. The first-order valence-electron chi connectivity index (χ1n) is 10.2. The highest BCUT2D eigenvalue weighted by Gasteiger charge is 2.32. The molecule has 2 N–H and O–H groups in total. The zero-order valence-electron chi connectivity index (χ0n) is 18.6. The molecule has 0 aliphatic rings. The molecule has 0 radical (unpaired) electrons. The van der Waals surface area contributed by atoms with E-state index in [1.165, 1.54) is 0 Å². The van der Waals surface area contributed by atoms with Crippen molar-refractivity contribution in [2.24, 2.45) is 16.2 Å². The van der Waals surface area contributed by atoms with E-state index in [4.69, 9.17) is 34.3 Å². The number of carbonyl (C=O) groups is 3. The minimum absolute atomic E-state index is 0.0219. The van der Waals surface area contributed by atoms with Crippen molar-refractivity contribution in [1.29, 1.82) is 0 Å². The summed E-state index contributed by atoms with van der Waals surface area (Å²) >= 11 is 0. The third kappa shape index (κ3) is 15.2. The lowest BCUT2D eigenvalue weighted by Crippen LogP contribution is -2.43. The van der Waals surface area contributed by atoms with Gasteiger partial charge in [0, 0.05) is 0 Å². The number of nitrogens with two attached hydrogens (primary N) is 1. The number of nitrogens with zero attached hydrogens (tertiary/aromatic N) is 2. The molecule has 0 aliphatic heterocycles. The van der Waals surface area contributed by atoms with E-state index >= 15 is 0 Å². The zero-order valence-corrected chi connectivity index (χ0v) is 18.6. The van der Waals surface area contributed by atoms with Crippen LogP contribution in [0.1, 0.15) is 40.0 Å². The van der Waals surface area contributed by atoms with Crippen molar-refractivity contribution in [3.63, 3.8) is 0 Å². The Hall–Kier alpha value is -2.31. The molecule has 0 atom stereocenters. The van der Waals surface area contributed by atoms with Crippen LogP contribution in [0.15, 0.2) is 10.3 Å². The minimum Gasteiger partial charge on any atom is -0.466 e. The molecule has 0 saturated heterocycles. The van der Waals surface area contributed by atoms with Gasteiger partial charge in [-0.2, -0.15) is 5.11 Å². The predicted octanol–water partition coefficient (Wildman–Crippen LogP) is 0.961. The zero-order chi connectivity index (χ0) is 23.4. The van der Waals surface area contributed by atoms with E-state index in [0.717, 1.165) is 0 Å². The number of rotatable bonds is 19. The minimum atomic E-state index is -1.13. The Kier molecular flexibility index (Phi) is 17.1. The van der Waals surface area contributed by atoms with Crippen LogP contribution in [0, 0.1) is 0 Å². The maximum absolute atomic E-state index is 11.4. The molecule has 0 unspecified atom stereocenters. The maximum Gasteiger partial charge on any atom is 0.308 e. The fraction of sp³-hybridized carbons (Fsp3) is 0.842. The van der Waals surface area contributed by atoms with Gasteiger partial charge in [0.25, 0.3) is 0 Å². The van der Waals surface area contributed by atoms with Crippen LogP contribution in [-0.2, 0) is 42.8 Å². The first kappa shape index (κ1) is 28.7. The molecular weight excluding hydrogens is 414 g/mol. The molecule has 0 aromatic rings. The summed E-state index contributed by atoms with van der Waals surface area (Å²) < 4.78 is 31.2. The van der Waals surface area contributed by atoms with E-state index < -0.39 is 5.54 Å². The van der Waals surface area contributed by atoms with E-state index in [1.807, 2.05) is 0 Å². The molecule has 0 saturated carbocycles. The van der Waals surface area contributed by atoms with Crippen LogP contribution in [0.2, 0.25) is 0 Å². The molecule has 0 amide bonds. The normalized spacial score (nSPS) is 11.5. The van der Waals surface area contributed by atoms with Gasteiger partial charge in [-0.3, -0.25) is 14.4 Å². The molecule has 0 rings (SSSR count). The van der Waals surface area contributed by atoms with Gasteiger partial charge in [0.1, 0.15) is 0 Å². The fourth-order valence-electron chi connectivity index (χ4n) is 2.29. The number of carbonyl (C=O) groups excluding carboxylic acids is 3. The Morgan fingerprint density at radius 1 is 0.677 bits per heavy atom. The van der Waals surface area contributed by atoms with Crippen molar-refractivity contribution >= 4 is 17.9 Å². The molecule has 0 aromatic heterocycles. The second kappa shape index (κ2) is 18.5. The van der Waals surface area contributed by atoms with E-state index in [1.54, 1.807) is 20.8 Å². The van der Waals surface area contributed by atoms with Gasteiger partial charge in [-0.05, 0) is 20.8 Å². The van der Waals surface area contributed by atoms with Gasteiger partial charge >= 0.3 is 17.9 Å². The second-order valence-corrected chi connectivity index (χ2v) is 6.26. The monoisotopic (exact) mass is 449 g/mol. The van der Waals surface area contributed by atoms with E-state index in [9.17, 15) is 14.4 Å². The van der Waals surface area contributed by atoms with Gasteiger partial charge in [0.15, 0.2) is 5.54 Å². The summed E-state index contributed by atoms with van der Waals surface area (Å²) in [6.07, 6.45) is 0.200. The van der Waals surface area contributed by atoms with E-state index in [-0.39, 0.29) is 96.6 Å². The predicted molar refractivity (Wildman–Crippen MR) is 108 cm³/mol. The van der Waals surface area contributed by atoms with Crippen molar-refractivity contribution < 1.29 is 42.8 Å². The van der Waals surface area contributed by atoms with Crippen molar-refractivity contribution in [2.75, 3.05) is 59.5 Å². The smallest absolute Gasteiger partial charge is 0.308 e. The topological polar surface area (TPSA) is 157 Å². The van der Waals surface area contributed by atoms with Gasteiger partial charge in [-0.1, -0.05) is 5.22 Å². The Labute approximate surface area is 182 Å². The molecule has 12 nitrogen and oxygen atoms in total. The molecule has 0 heterocycles. The van der Waals surface area contributed by atoms with Gasteiger partial charge in [0.2, 0.25) is 0 Å². The van der Waals surface area contributed by atoms with Crippen molar-refractivity contribution in [2.45, 2.75) is 45.6 Å². The Morgan fingerprint density at radius 2 is 1.00 bits per heavy atom. The third-order valence-corrected chi connectivity index (χ3v) is 3.65. The van der Waals surface area contributed by atoms with Gasteiger partial charge in [-0.15, -0.1) is 0 Å². The first-order valence-corrected chi connectivity index (χ1v) is 10.2. The largest absolute Gasteiger partial charge is 0.466 e. The number of esters is 3. The van der Waals surface area contributed by atoms with Crippen molar-refractivity contribution in [3.05, 3.63) is 0 Å². The van der Waals surface area contributed by atoms with Crippen LogP contribution in [0.25, 0.3) is 0 Å². The lowest BCUT2D eigenvalue weighted by molar-refractivity contribution is -0.145. The third-order valence-electron chi connectivity index (χ3n) is 3.65. The molecule has 0 spiro atoms. The van der Waals surface area contributed by atoms with Crippen LogP contribution in [0.4, 0.5) is 0 Å². The van der Waals surface area contributed by atoms with Gasteiger partial charge in [0.05, 0.1) is 78.7 Å². The van der Waals surface area contributed by atoms with Crippen LogP contribution < -0.4 is 5.84 Å². The fourth-order valence-corrected chi connectivity index (χ4v) is 2.29. The summed E-state index contributed by atoms with van der Waals surface area (Å²) in [5.41, 5.74) is -1.13. The first-order chi connectivity index (χ1) is 14.9. The highest BCUT2D eigenvalue weighted by Crippen LogP contribution is 2.15. The number of hydrogen-bond donors (Lipinski definition) is 1. The summed E-state index contributed by atoms with van der Waals surface area (Å²) in [5.74, 6) is 4.11. The summed E-state index contributed by atoms with van der Waals surface area (Å²) in [4.78, 5) is 34.3.